The molecule has 2 aliphatic heterocycles. The zero-order valence-electron chi connectivity index (χ0n) is 19.9. The summed E-state index contributed by atoms with van der Waals surface area (Å²) in [6.45, 7) is 5.94. The summed E-state index contributed by atoms with van der Waals surface area (Å²) in [5.74, 6) is 0.431. The Morgan fingerprint density at radius 1 is 1.17 bits per heavy atom. The fourth-order valence-corrected chi connectivity index (χ4v) is 5.75. The second-order valence-corrected chi connectivity index (χ2v) is 10.4. The Bertz CT molecular complexity index is 1330. The van der Waals surface area contributed by atoms with Crippen LogP contribution in [0.4, 0.5) is 11.4 Å². The summed E-state index contributed by atoms with van der Waals surface area (Å²) in [5, 5.41) is 7.07. The number of benzene rings is 3. The van der Waals surface area contributed by atoms with Crippen LogP contribution in [0.25, 0.3) is 0 Å². The van der Waals surface area contributed by atoms with Gasteiger partial charge < -0.3 is 20.1 Å². The molecule has 2 bridgehead atoms. The second-order valence-electron chi connectivity index (χ2n) is 9.06. The third kappa shape index (κ3) is 3.94. The zero-order chi connectivity index (χ0) is 24.9. The second kappa shape index (κ2) is 8.84. The fourth-order valence-electron chi connectivity index (χ4n) is 5.07. The predicted octanol–water partition coefficient (Wildman–Crippen LogP) is 5.87. The number of thiocarbonyl (C=S) groups is 1. The van der Waals surface area contributed by atoms with E-state index in [0.717, 1.165) is 32.5 Å². The van der Waals surface area contributed by atoms with Gasteiger partial charge in [0.25, 0.3) is 0 Å². The molecule has 35 heavy (non-hydrogen) atoms. The maximum absolute atomic E-state index is 14.0. The SMILES string of the molecule is COc1cccc2c1O[C@@]1(C)[C@H](C(=O)Nc3ccc(C)cc3C)[C@@H]2NC(=S)N1c1ccc(Br)cc1. The van der Waals surface area contributed by atoms with E-state index in [1.54, 1.807) is 7.11 Å². The molecule has 2 aliphatic rings. The van der Waals surface area contributed by atoms with Crippen LogP contribution < -0.4 is 25.0 Å². The van der Waals surface area contributed by atoms with Gasteiger partial charge in [-0.05, 0) is 75.0 Å². The number of para-hydroxylation sites is 1. The lowest BCUT2D eigenvalue weighted by Gasteiger charge is -2.56. The van der Waals surface area contributed by atoms with Gasteiger partial charge in [0, 0.05) is 21.4 Å². The number of amides is 1. The minimum Gasteiger partial charge on any atom is -0.493 e. The van der Waals surface area contributed by atoms with Gasteiger partial charge in [0.15, 0.2) is 22.3 Å². The Morgan fingerprint density at radius 2 is 1.91 bits per heavy atom. The first kappa shape index (κ1) is 23.6. The lowest BCUT2D eigenvalue weighted by Crippen LogP contribution is -2.72. The van der Waals surface area contributed by atoms with E-state index in [0.29, 0.717) is 16.6 Å². The first-order valence-corrected chi connectivity index (χ1v) is 12.5. The van der Waals surface area contributed by atoms with Gasteiger partial charge in [-0.15, -0.1) is 0 Å². The van der Waals surface area contributed by atoms with Gasteiger partial charge in [-0.25, -0.2) is 0 Å². The zero-order valence-corrected chi connectivity index (χ0v) is 22.3. The Balaban J connectivity index is 1.64. The molecule has 6 nitrogen and oxygen atoms in total. The Morgan fingerprint density at radius 3 is 2.60 bits per heavy atom. The van der Waals surface area contributed by atoms with E-state index < -0.39 is 17.7 Å². The molecule has 0 aliphatic carbocycles. The number of ether oxygens (including phenoxy) is 2. The molecule has 0 unspecified atom stereocenters. The summed E-state index contributed by atoms with van der Waals surface area (Å²) in [6, 6.07) is 19.1. The topological polar surface area (TPSA) is 62.8 Å². The van der Waals surface area contributed by atoms with Crippen molar-refractivity contribution in [3.8, 4) is 11.5 Å². The standard InChI is InChI=1S/C27H26BrN3O3S/c1-15-8-13-20(16(2)14-15)29-25(32)22-23-19-6-5-7-21(33-4)24(19)34-27(22,3)31(26(35)30-23)18-11-9-17(28)10-12-18/h5-14,22-23H,1-4H3,(H,29,32)(H,30,35)/t22-,23+,27-/m0/s1. The van der Waals surface area contributed by atoms with Gasteiger partial charge in [0.05, 0.1) is 13.2 Å². The highest BCUT2D eigenvalue weighted by Gasteiger charge is 2.59. The quantitative estimate of drug-likeness (QED) is 0.395. The van der Waals surface area contributed by atoms with Crippen molar-refractivity contribution in [2.75, 3.05) is 17.3 Å². The van der Waals surface area contributed by atoms with Crippen LogP contribution in [0.15, 0.2) is 65.1 Å². The van der Waals surface area contributed by atoms with Crippen molar-refractivity contribution in [1.29, 1.82) is 0 Å². The molecule has 3 aromatic rings. The number of anilines is 2. The van der Waals surface area contributed by atoms with Crippen molar-refractivity contribution >= 4 is 50.5 Å². The predicted molar refractivity (Wildman–Crippen MR) is 145 cm³/mol. The van der Waals surface area contributed by atoms with Crippen LogP contribution in [0.1, 0.15) is 29.7 Å². The van der Waals surface area contributed by atoms with Gasteiger partial charge in [-0.1, -0.05) is 45.8 Å². The smallest absolute Gasteiger partial charge is 0.236 e. The van der Waals surface area contributed by atoms with Crippen molar-refractivity contribution in [3.63, 3.8) is 0 Å². The van der Waals surface area contributed by atoms with E-state index in [2.05, 4.69) is 32.6 Å². The van der Waals surface area contributed by atoms with Gasteiger partial charge in [0.1, 0.15) is 5.92 Å². The molecule has 1 saturated heterocycles. The minimum atomic E-state index is -1.12. The maximum atomic E-state index is 14.0. The largest absolute Gasteiger partial charge is 0.493 e. The van der Waals surface area contributed by atoms with Crippen molar-refractivity contribution in [2.24, 2.45) is 5.92 Å². The lowest BCUT2D eigenvalue weighted by molar-refractivity contribution is -0.130. The molecule has 2 N–H and O–H groups in total. The summed E-state index contributed by atoms with van der Waals surface area (Å²) in [5.41, 5.74) is 3.44. The number of aryl methyl sites for hydroxylation is 2. The summed E-state index contributed by atoms with van der Waals surface area (Å²) >= 11 is 9.32. The van der Waals surface area contributed by atoms with Crippen LogP contribution in [-0.2, 0) is 4.79 Å². The van der Waals surface area contributed by atoms with E-state index in [1.807, 2.05) is 80.3 Å². The highest BCUT2D eigenvalue weighted by molar-refractivity contribution is 9.10. The molecule has 2 heterocycles. The van der Waals surface area contributed by atoms with Crippen LogP contribution in [-0.4, -0.2) is 23.9 Å². The summed E-state index contributed by atoms with van der Waals surface area (Å²) in [7, 11) is 1.61. The summed E-state index contributed by atoms with van der Waals surface area (Å²) in [4.78, 5) is 15.9. The van der Waals surface area contributed by atoms with E-state index in [1.165, 1.54) is 0 Å². The first-order valence-electron chi connectivity index (χ1n) is 11.3. The molecular weight excluding hydrogens is 526 g/mol. The van der Waals surface area contributed by atoms with Crippen LogP contribution in [0.5, 0.6) is 11.5 Å². The van der Waals surface area contributed by atoms with Crippen molar-refractivity contribution in [3.05, 3.63) is 81.8 Å². The first-order chi connectivity index (χ1) is 16.7. The lowest BCUT2D eigenvalue weighted by atomic mass is 9.78. The van der Waals surface area contributed by atoms with Crippen molar-refractivity contribution < 1.29 is 14.3 Å². The monoisotopic (exact) mass is 551 g/mol. The fraction of sp³-hybridized carbons (Fsp3) is 0.259. The number of carbonyl (C=O) groups excluding carboxylic acids is 1. The van der Waals surface area contributed by atoms with E-state index in [4.69, 9.17) is 21.7 Å². The number of nitrogens with one attached hydrogen (secondary N) is 2. The molecule has 0 saturated carbocycles. The molecule has 1 fully saturated rings. The van der Waals surface area contributed by atoms with Crippen molar-refractivity contribution in [1.82, 2.24) is 5.32 Å². The highest BCUT2D eigenvalue weighted by Crippen LogP contribution is 2.52. The maximum Gasteiger partial charge on any atom is 0.236 e. The molecule has 8 heteroatoms. The normalized spacial score (nSPS) is 22.5. The van der Waals surface area contributed by atoms with Crippen LogP contribution in [0.2, 0.25) is 0 Å². The molecule has 3 atom stereocenters. The number of halogens is 1. The van der Waals surface area contributed by atoms with Crippen LogP contribution >= 0.6 is 28.1 Å². The van der Waals surface area contributed by atoms with Gasteiger partial charge in [-0.3, -0.25) is 9.69 Å². The van der Waals surface area contributed by atoms with Crippen LogP contribution in [0, 0.1) is 19.8 Å². The third-order valence-electron chi connectivity index (χ3n) is 6.72. The van der Waals surface area contributed by atoms with Gasteiger partial charge in [0.2, 0.25) is 5.91 Å². The number of carbonyl (C=O) groups is 1. The molecule has 5 rings (SSSR count). The van der Waals surface area contributed by atoms with Crippen LogP contribution in [0.3, 0.4) is 0 Å². The number of methoxy groups -OCH3 is 1. The Hall–Kier alpha value is -3.10. The average molecular weight is 552 g/mol. The molecule has 180 valence electrons. The van der Waals surface area contributed by atoms with E-state index in [9.17, 15) is 4.79 Å². The number of hydrogen-bond acceptors (Lipinski definition) is 4. The third-order valence-corrected chi connectivity index (χ3v) is 7.55. The summed E-state index contributed by atoms with van der Waals surface area (Å²) in [6.07, 6.45) is 0. The molecule has 0 aromatic heterocycles. The Labute approximate surface area is 218 Å². The number of rotatable bonds is 4. The minimum absolute atomic E-state index is 0.157. The highest BCUT2D eigenvalue weighted by atomic mass is 79.9. The Kier molecular flexibility index (Phi) is 5.97. The molecule has 1 amide bonds. The average Bonchev–Trinajstić information content (AvgIpc) is 2.81. The van der Waals surface area contributed by atoms with Gasteiger partial charge >= 0.3 is 0 Å². The van der Waals surface area contributed by atoms with Crippen molar-refractivity contribution in [2.45, 2.75) is 32.5 Å². The summed E-state index contributed by atoms with van der Waals surface area (Å²) < 4.78 is 13.3. The molecule has 0 radical (unpaired) electrons. The molecular formula is C27H26BrN3O3S. The number of nitrogens with zero attached hydrogens (tertiary/aromatic N) is 1. The molecule has 0 spiro atoms. The van der Waals surface area contributed by atoms with E-state index in [-0.39, 0.29) is 5.91 Å². The van der Waals surface area contributed by atoms with Gasteiger partial charge in [-0.2, -0.15) is 0 Å². The number of hydrogen-bond donors (Lipinski definition) is 2. The molecule has 3 aromatic carbocycles. The van der Waals surface area contributed by atoms with E-state index >= 15 is 0 Å². The number of fused-ring (bicyclic) bond motifs is 4.